The molecule has 1 rings (SSSR count). The van der Waals surface area contributed by atoms with Crippen molar-refractivity contribution in [3.8, 4) is 0 Å². The second-order valence-electron chi connectivity index (χ2n) is 3.86. The molecule has 0 aromatic heterocycles. The van der Waals surface area contributed by atoms with Crippen LogP contribution < -0.4 is 0 Å². The van der Waals surface area contributed by atoms with Crippen molar-refractivity contribution in [2.45, 2.75) is 32.8 Å². The Morgan fingerprint density at radius 3 is 2.91 bits per heavy atom. The molecule has 0 spiro atoms. The molecule has 0 amide bonds. The first-order valence-corrected chi connectivity index (χ1v) is 4.59. The maximum absolute atomic E-state index is 9.15. The van der Waals surface area contributed by atoms with Crippen molar-refractivity contribution in [1.29, 1.82) is 0 Å². The van der Waals surface area contributed by atoms with Gasteiger partial charge in [-0.2, -0.15) is 0 Å². The van der Waals surface area contributed by atoms with Crippen molar-refractivity contribution in [3.63, 3.8) is 0 Å². The van der Waals surface area contributed by atoms with Crippen LogP contribution in [0.15, 0.2) is 0 Å². The highest BCUT2D eigenvalue weighted by atomic mass is 16.3. The van der Waals surface area contributed by atoms with Crippen LogP contribution in [0.3, 0.4) is 0 Å². The van der Waals surface area contributed by atoms with Gasteiger partial charge in [0.15, 0.2) is 0 Å². The minimum Gasteiger partial charge on any atom is -0.392 e. The summed E-state index contributed by atoms with van der Waals surface area (Å²) in [4.78, 5) is 2.36. The van der Waals surface area contributed by atoms with Gasteiger partial charge in [0.1, 0.15) is 0 Å². The maximum atomic E-state index is 9.15. The molecule has 66 valence electrons. The van der Waals surface area contributed by atoms with Crippen LogP contribution in [-0.4, -0.2) is 35.7 Å². The van der Waals surface area contributed by atoms with Crippen molar-refractivity contribution in [3.05, 3.63) is 0 Å². The van der Waals surface area contributed by atoms with Gasteiger partial charge in [-0.3, -0.25) is 0 Å². The SMILES string of the molecule is CC(O)CN1CCCC(C)C1. The minimum absolute atomic E-state index is 0.166. The predicted octanol–water partition coefficient (Wildman–Crippen LogP) is 1.10. The van der Waals surface area contributed by atoms with E-state index in [-0.39, 0.29) is 6.10 Å². The molecule has 1 heterocycles. The number of likely N-dealkylation sites (tertiary alicyclic amines) is 1. The third kappa shape index (κ3) is 3.21. The first kappa shape index (κ1) is 9.01. The molecule has 0 aromatic rings. The van der Waals surface area contributed by atoms with Crippen molar-refractivity contribution in [2.75, 3.05) is 19.6 Å². The molecule has 0 bridgehead atoms. The van der Waals surface area contributed by atoms with Crippen LogP contribution in [0.5, 0.6) is 0 Å². The number of hydrogen-bond acceptors (Lipinski definition) is 2. The molecule has 0 radical (unpaired) electrons. The number of hydrogen-bond donors (Lipinski definition) is 1. The van der Waals surface area contributed by atoms with Crippen LogP contribution in [0.2, 0.25) is 0 Å². The Morgan fingerprint density at radius 1 is 1.64 bits per heavy atom. The fraction of sp³-hybridized carbons (Fsp3) is 1.00. The van der Waals surface area contributed by atoms with Gasteiger partial charge in [-0.15, -0.1) is 0 Å². The number of rotatable bonds is 2. The molecule has 2 atom stereocenters. The number of piperidine rings is 1. The molecule has 2 heteroatoms. The van der Waals surface area contributed by atoms with E-state index >= 15 is 0 Å². The summed E-state index contributed by atoms with van der Waals surface area (Å²) in [7, 11) is 0. The zero-order chi connectivity index (χ0) is 8.27. The van der Waals surface area contributed by atoms with E-state index in [1.165, 1.54) is 25.9 Å². The number of nitrogens with zero attached hydrogens (tertiary/aromatic N) is 1. The van der Waals surface area contributed by atoms with E-state index in [1.54, 1.807) is 0 Å². The number of β-amino-alcohol motifs (C(OH)–C–C–N with tert-alkyl or cyclic N) is 1. The van der Waals surface area contributed by atoms with Gasteiger partial charge in [0.05, 0.1) is 6.10 Å². The van der Waals surface area contributed by atoms with Crippen molar-refractivity contribution in [1.82, 2.24) is 4.90 Å². The third-order valence-electron chi connectivity index (χ3n) is 2.26. The normalized spacial score (nSPS) is 30.3. The van der Waals surface area contributed by atoms with Crippen LogP contribution >= 0.6 is 0 Å². The lowest BCUT2D eigenvalue weighted by atomic mass is 10.0. The highest BCUT2D eigenvalue weighted by molar-refractivity contribution is 4.70. The van der Waals surface area contributed by atoms with E-state index in [2.05, 4.69) is 11.8 Å². The first-order chi connectivity index (χ1) is 5.18. The second-order valence-corrected chi connectivity index (χ2v) is 3.86. The molecule has 0 aliphatic carbocycles. The molecule has 0 aromatic carbocycles. The highest BCUT2D eigenvalue weighted by Gasteiger charge is 2.16. The van der Waals surface area contributed by atoms with Gasteiger partial charge >= 0.3 is 0 Å². The van der Waals surface area contributed by atoms with Gasteiger partial charge in [-0.25, -0.2) is 0 Å². The smallest absolute Gasteiger partial charge is 0.0639 e. The Kier molecular flexibility index (Phi) is 3.34. The van der Waals surface area contributed by atoms with Crippen molar-refractivity contribution >= 4 is 0 Å². The van der Waals surface area contributed by atoms with Gasteiger partial charge in [0.25, 0.3) is 0 Å². The molecule has 2 unspecified atom stereocenters. The summed E-state index contributed by atoms with van der Waals surface area (Å²) in [6, 6.07) is 0. The summed E-state index contributed by atoms with van der Waals surface area (Å²) in [5.74, 6) is 0.822. The predicted molar refractivity (Wildman–Crippen MR) is 46.5 cm³/mol. The number of aliphatic hydroxyl groups is 1. The average molecular weight is 157 g/mol. The first-order valence-electron chi connectivity index (χ1n) is 4.59. The van der Waals surface area contributed by atoms with E-state index in [4.69, 9.17) is 5.11 Å². The summed E-state index contributed by atoms with van der Waals surface area (Å²) in [6.07, 6.45) is 2.49. The lowest BCUT2D eigenvalue weighted by Crippen LogP contribution is -2.38. The fourth-order valence-corrected chi connectivity index (χ4v) is 1.83. The van der Waals surface area contributed by atoms with E-state index in [1.807, 2.05) is 6.92 Å². The molecule has 0 saturated carbocycles. The van der Waals surface area contributed by atoms with Crippen LogP contribution in [0, 0.1) is 5.92 Å². The van der Waals surface area contributed by atoms with Crippen molar-refractivity contribution in [2.24, 2.45) is 5.92 Å². The quantitative estimate of drug-likeness (QED) is 0.649. The van der Waals surface area contributed by atoms with Crippen molar-refractivity contribution < 1.29 is 5.11 Å². The molecule has 2 nitrogen and oxygen atoms in total. The van der Waals surface area contributed by atoms with Gasteiger partial charge < -0.3 is 10.0 Å². The molecule has 11 heavy (non-hydrogen) atoms. The molecule has 1 aliphatic rings. The third-order valence-corrected chi connectivity index (χ3v) is 2.26. The van der Waals surface area contributed by atoms with E-state index in [0.717, 1.165) is 12.5 Å². The Bertz CT molecular complexity index is 112. The number of aliphatic hydroxyl groups excluding tert-OH is 1. The van der Waals surface area contributed by atoms with Crippen LogP contribution in [0.25, 0.3) is 0 Å². The molecule has 1 N–H and O–H groups in total. The summed E-state index contributed by atoms with van der Waals surface area (Å²) in [6.45, 7) is 7.35. The standard InChI is InChI=1S/C9H19NO/c1-8-4-3-5-10(6-8)7-9(2)11/h8-9,11H,3-7H2,1-2H3. The Hall–Kier alpha value is -0.0800. The van der Waals surface area contributed by atoms with E-state index in [9.17, 15) is 0 Å². The minimum atomic E-state index is -0.166. The van der Waals surface area contributed by atoms with Crippen LogP contribution in [0.4, 0.5) is 0 Å². The Morgan fingerprint density at radius 2 is 2.36 bits per heavy atom. The summed E-state index contributed by atoms with van der Waals surface area (Å²) < 4.78 is 0. The molecular weight excluding hydrogens is 138 g/mol. The largest absolute Gasteiger partial charge is 0.392 e. The Balaban J connectivity index is 2.23. The molecule has 1 saturated heterocycles. The highest BCUT2D eigenvalue weighted by Crippen LogP contribution is 2.15. The fourth-order valence-electron chi connectivity index (χ4n) is 1.83. The molecular formula is C9H19NO. The van der Waals surface area contributed by atoms with Crippen LogP contribution in [-0.2, 0) is 0 Å². The summed E-state index contributed by atoms with van der Waals surface area (Å²) in [5, 5.41) is 9.15. The lowest BCUT2D eigenvalue weighted by molar-refractivity contribution is 0.0984. The van der Waals surface area contributed by atoms with E-state index < -0.39 is 0 Å². The monoisotopic (exact) mass is 157 g/mol. The average Bonchev–Trinajstić information content (AvgIpc) is 1.85. The topological polar surface area (TPSA) is 23.5 Å². The molecule has 1 aliphatic heterocycles. The summed E-state index contributed by atoms with van der Waals surface area (Å²) >= 11 is 0. The molecule has 1 fully saturated rings. The van der Waals surface area contributed by atoms with Gasteiger partial charge in [-0.1, -0.05) is 6.92 Å². The lowest BCUT2D eigenvalue weighted by Gasteiger charge is -2.31. The zero-order valence-electron chi connectivity index (χ0n) is 7.58. The Labute approximate surface area is 69.2 Å². The van der Waals surface area contributed by atoms with Gasteiger partial charge in [0.2, 0.25) is 0 Å². The van der Waals surface area contributed by atoms with Crippen LogP contribution in [0.1, 0.15) is 26.7 Å². The van der Waals surface area contributed by atoms with E-state index in [0.29, 0.717) is 0 Å². The zero-order valence-corrected chi connectivity index (χ0v) is 7.58. The van der Waals surface area contributed by atoms with Gasteiger partial charge in [-0.05, 0) is 32.2 Å². The summed E-state index contributed by atoms with van der Waals surface area (Å²) in [5.41, 5.74) is 0. The van der Waals surface area contributed by atoms with Gasteiger partial charge in [0, 0.05) is 13.1 Å². The maximum Gasteiger partial charge on any atom is 0.0639 e. The second kappa shape index (κ2) is 4.07.